The molecule has 1 aromatic rings. The van der Waals surface area contributed by atoms with Gasteiger partial charge in [0.15, 0.2) is 0 Å². The Morgan fingerprint density at radius 2 is 2.12 bits per heavy atom. The number of carbonyl (C=O) groups excluding carboxylic acids is 2. The van der Waals surface area contributed by atoms with E-state index in [4.69, 9.17) is 16.8 Å². The summed E-state index contributed by atoms with van der Waals surface area (Å²) in [5, 5.41) is 11.7. The molecule has 1 aliphatic rings. The molecule has 0 aliphatic heterocycles. The van der Waals surface area contributed by atoms with E-state index in [0.717, 1.165) is 18.9 Å². The third-order valence-corrected chi connectivity index (χ3v) is 4.61. The Morgan fingerprint density at radius 1 is 1.40 bits per heavy atom. The largest absolute Gasteiger partial charge is 0.360 e. The van der Waals surface area contributed by atoms with Gasteiger partial charge in [-0.2, -0.15) is 0 Å². The molecule has 7 nitrogen and oxygen atoms in total. The van der Waals surface area contributed by atoms with Crippen molar-refractivity contribution in [3.63, 3.8) is 0 Å². The first kappa shape index (κ1) is 19.2. The van der Waals surface area contributed by atoms with Gasteiger partial charge in [-0.25, -0.2) is 10.5 Å². The summed E-state index contributed by atoms with van der Waals surface area (Å²) in [6, 6.07) is 1.93. The van der Waals surface area contributed by atoms with Gasteiger partial charge in [0.25, 0.3) is 5.91 Å². The van der Waals surface area contributed by atoms with Crippen LogP contribution in [-0.4, -0.2) is 46.5 Å². The minimum absolute atomic E-state index is 0.00774. The highest BCUT2D eigenvalue weighted by atomic mass is 35.5. The lowest BCUT2D eigenvalue weighted by Gasteiger charge is -2.31. The summed E-state index contributed by atoms with van der Waals surface area (Å²) < 4.78 is 0. The normalized spacial score (nSPS) is 15.2. The van der Waals surface area contributed by atoms with Crippen molar-refractivity contribution in [2.24, 2.45) is 0 Å². The van der Waals surface area contributed by atoms with Crippen molar-refractivity contribution in [3.05, 3.63) is 28.9 Å². The summed E-state index contributed by atoms with van der Waals surface area (Å²) in [4.78, 5) is 29.2. The molecule has 1 aliphatic carbocycles. The second kappa shape index (κ2) is 9.39. The van der Waals surface area contributed by atoms with Crippen LogP contribution in [0.2, 0.25) is 5.02 Å². The monoisotopic (exact) mass is 366 g/mol. The molecule has 1 fully saturated rings. The molecular formula is C17H23ClN4O3. The lowest BCUT2D eigenvalue weighted by Crippen LogP contribution is -2.41. The molecule has 0 saturated heterocycles. The van der Waals surface area contributed by atoms with Crippen LogP contribution in [0.5, 0.6) is 0 Å². The van der Waals surface area contributed by atoms with Crippen LogP contribution >= 0.6 is 11.6 Å². The van der Waals surface area contributed by atoms with E-state index in [9.17, 15) is 9.59 Å². The molecule has 25 heavy (non-hydrogen) atoms. The topological polar surface area (TPSA) is 94.6 Å². The average molecular weight is 367 g/mol. The first-order valence-electron chi connectivity index (χ1n) is 8.28. The van der Waals surface area contributed by atoms with Crippen molar-refractivity contribution >= 4 is 35.3 Å². The van der Waals surface area contributed by atoms with Crippen molar-refractivity contribution in [1.82, 2.24) is 15.4 Å². The molecule has 2 rings (SSSR count). The van der Waals surface area contributed by atoms with Crippen LogP contribution in [0.25, 0.3) is 6.08 Å². The number of likely N-dealkylation sites (N-methyl/N-ethyl adjacent to an activating group) is 1. The quantitative estimate of drug-likeness (QED) is 0.408. The van der Waals surface area contributed by atoms with Gasteiger partial charge in [-0.3, -0.25) is 14.8 Å². The number of halogens is 1. The van der Waals surface area contributed by atoms with Crippen LogP contribution < -0.4 is 10.8 Å². The zero-order chi connectivity index (χ0) is 18.2. The van der Waals surface area contributed by atoms with Crippen LogP contribution in [-0.2, 0) is 9.59 Å². The number of amides is 2. The number of pyridine rings is 1. The standard InChI is InChI=1S/C17H23ClN4O3/c1-22(13-5-3-2-4-6-13)16(24)11-20-17-14(18)9-12(10-19-17)7-8-15(23)21-25/h7-10,13,25H,2-6,11H2,1H3,(H,19,20)(H,21,23). The van der Waals surface area contributed by atoms with Crippen LogP contribution in [0.1, 0.15) is 37.7 Å². The van der Waals surface area contributed by atoms with Crippen LogP contribution in [0.15, 0.2) is 18.3 Å². The maximum Gasteiger partial charge on any atom is 0.267 e. The predicted octanol–water partition coefficient (Wildman–Crippen LogP) is 2.46. The zero-order valence-electron chi connectivity index (χ0n) is 14.2. The summed E-state index contributed by atoms with van der Waals surface area (Å²) in [5.41, 5.74) is 2.10. The van der Waals surface area contributed by atoms with Crippen LogP contribution in [0.3, 0.4) is 0 Å². The number of nitrogens with zero attached hydrogens (tertiary/aromatic N) is 2. The van der Waals surface area contributed by atoms with Gasteiger partial charge in [0.1, 0.15) is 5.82 Å². The minimum atomic E-state index is -0.644. The highest BCUT2D eigenvalue weighted by molar-refractivity contribution is 6.33. The van der Waals surface area contributed by atoms with Crippen molar-refractivity contribution in [1.29, 1.82) is 0 Å². The van der Waals surface area contributed by atoms with E-state index >= 15 is 0 Å². The lowest BCUT2D eigenvalue weighted by molar-refractivity contribution is -0.130. The highest BCUT2D eigenvalue weighted by Crippen LogP contribution is 2.23. The molecule has 1 aromatic heterocycles. The fourth-order valence-electron chi connectivity index (χ4n) is 2.84. The third kappa shape index (κ3) is 5.72. The summed E-state index contributed by atoms with van der Waals surface area (Å²) in [7, 11) is 1.84. The van der Waals surface area contributed by atoms with E-state index in [0.29, 0.717) is 22.4 Å². The maximum absolute atomic E-state index is 12.3. The number of hydroxylamine groups is 1. The maximum atomic E-state index is 12.3. The zero-order valence-corrected chi connectivity index (χ0v) is 14.9. The molecule has 0 radical (unpaired) electrons. The average Bonchev–Trinajstić information content (AvgIpc) is 2.65. The van der Waals surface area contributed by atoms with Gasteiger partial charge in [0.05, 0.1) is 11.6 Å². The summed E-state index contributed by atoms with van der Waals surface area (Å²) in [6.45, 7) is 0.127. The van der Waals surface area contributed by atoms with Gasteiger partial charge in [-0.15, -0.1) is 0 Å². The van der Waals surface area contributed by atoms with Crippen LogP contribution in [0, 0.1) is 0 Å². The summed E-state index contributed by atoms with van der Waals surface area (Å²) in [5.74, 6) is -0.223. The molecule has 136 valence electrons. The Hall–Kier alpha value is -2.12. The predicted molar refractivity (Wildman–Crippen MR) is 96.3 cm³/mol. The number of rotatable bonds is 6. The molecule has 0 spiro atoms. The fraction of sp³-hybridized carbons (Fsp3) is 0.471. The van der Waals surface area contributed by atoms with Gasteiger partial charge >= 0.3 is 0 Å². The van der Waals surface area contributed by atoms with Gasteiger partial charge in [0, 0.05) is 25.4 Å². The molecule has 0 bridgehead atoms. The number of hydrogen-bond donors (Lipinski definition) is 3. The van der Waals surface area contributed by atoms with Crippen molar-refractivity contribution in [3.8, 4) is 0 Å². The Balaban J connectivity index is 1.90. The molecule has 8 heteroatoms. The number of hydrogen-bond acceptors (Lipinski definition) is 5. The number of anilines is 1. The van der Waals surface area contributed by atoms with Crippen molar-refractivity contribution in [2.45, 2.75) is 38.1 Å². The molecule has 0 aromatic carbocycles. The number of aromatic nitrogens is 1. The Kier molecular flexibility index (Phi) is 7.21. The minimum Gasteiger partial charge on any atom is -0.360 e. The van der Waals surface area contributed by atoms with E-state index in [1.165, 1.54) is 37.0 Å². The first-order valence-corrected chi connectivity index (χ1v) is 8.66. The van der Waals surface area contributed by atoms with Gasteiger partial charge in [0.2, 0.25) is 5.91 Å². The summed E-state index contributed by atoms with van der Waals surface area (Å²) in [6.07, 6.45) is 9.85. The fourth-order valence-corrected chi connectivity index (χ4v) is 3.08. The smallest absolute Gasteiger partial charge is 0.267 e. The van der Waals surface area contributed by atoms with Gasteiger partial charge in [-0.1, -0.05) is 30.9 Å². The molecule has 0 atom stereocenters. The SMILES string of the molecule is CN(C(=O)CNc1ncc(C=CC(=O)NO)cc1Cl)C1CCCCC1. The molecule has 3 N–H and O–H groups in total. The molecular weight excluding hydrogens is 344 g/mol. The molecule has 0 unspecified atom stereocenters. The Morgan fingerprint density at radius 3 is 2.76 bits per heavy atom. The van der Waals surface area contributed by atoms with E-state index in [1.54, 1.807) is 6.07 Å². The lowest BCUT2D eigenvalue weighted by atomic mass is 9.94. The second-order valence-electron chi connectivity index (χ2n) is 6.06. The second-order valence-corrected chi connectivity index (χ2v) is 6.47. The summed E-state index contributed by atoms with van der Waals surface area (Å²) >= 11 is 6.16. The van der Waals surface area contributed by atoms with Crippen LogP contribution in [0.4, 0.5) is 5.82 Å². The van der Waals surface area contributed by atoms with E-state index < -0.39 is 5.91 Å². The Bertz CT molecular complexity index is 645. The number of carbonyl (C=O) groups is 2. The van der Waals surface area contributed by atoms with Crippen molar-refractivity contribution in [2.75, 3.05) is 18.9 Å². The van der Waals surface area contributed by atoms with E-state index in [2.05, 4.69) is 10.3 Å². The molecule has 1 saturated carbocycles. The molecule has 2 amide bonds. The van der Waals surface area contributed by atoms with E-state index in [1.807, 2.05) is 11.9 Å². The highest BCUT2D eigenvalue weighted by Gasteiger charge is 2.21. The van der Waals surface area contributed by atoms with Gasteiger partial charge in [-0.05, 0) is 30.5 Å². The van der Waals surface area contributed by atoms with Gasteiger partial charge < -0.3 is 10.2 Å². The Labute approximate surface area is 152 Å². The number of nitrogens with one attached hydrogen (secondary N) is 2. The van der Waals surface area contributed by atoms with E-state index in [-0.39, 0.29) is 12.5 Å². The van der Waals surface area contributed by atoms with Crippen molar-refractivity contribution < 1.29 is 14.8 Å². The first-order chi connectivity index (χ1) is 12.0. The molecule has 1 heterocycles. The third-order valence-electron chi connectivity index (χ3n) is 4.32.